The normalized spacial score (nSPS) is 17.6. The van der Waals surface area contributed by atoms with Crippen molar-refractivity contribution in [1.29, 1.82) is 0 Å². The van der Waals surface area contributed by atoms with Gasteiger partial charge < -0.3 is 10.6 Å². The SMILES string of the molecule is C=C(Nc1cc2cc(C3=CN=CC3)ccc2cn1)c1ccnc(CC2CN2)c1. The van der Waals surface area contributed by atoms with Gasteiger partial charge in [0, 0.05) is 72.6 Å². The van der Waals surface area contributed by atoms with Crippen molar-refractivity contribution in [2.75, 3.05) is 11.9 Å². The van der Waals surface area contributed by atoms with Gasteiger partial charge in [0.15, 0.2) is 0 Å². The van der Waals surface area contributed by atoms with Crippen molar-refractivity contribution in [3.63, 3.8) is 0 Å². The Kier molecular flexibility index (Phi) is 4.22. The Balaban J connectivity index is 1.37. The van der Waals surface area contributed by atoms with E-state index in [2.05, 4.69) is 62.5 Å². The third-order valence-electron chi connectivity index (χ3n) is 5.13. The molecule has 5 nitrogen and oxygen atoms in total. The van der Waals surface area contributed by atoms with Crippen LogP contribution in [-0.2, 0) is 6.42 Å². The lowest BCUT2D eigenvalue weighted by molar-refractivity contribution is 0.889. The Bertz CT molecular complexity index is 1120. The lowest BCUT2D eigenvalue weighted by Crippen LogP contribution is -2.03. The molecule has 28 heavy (non-hydrogen) atoms. The van der Waals surface area contributed by atoms with Crippen LogP contribution in [0.1, 0.15) is 23.2 Å². The molecule has 4 heterocycles. The third-order valence-corrected chi connectivity index (χ3v) is 5.13. The minimum atomic E-state index is 0.570. The van der Waals surface area contributed by atoms with Crippen molar-refractivity contribution in [1.82, 2.24) is 15.3 Å². The van der Waals surface area contributed by atoms with E-state index in [1.165, 1.54) is 11.1 Å². The average Bonchev–Trinajstić information content (AvgIpc) is 3.36. The molecule has 5 heteroatoms. The average molecular weight is 367 g/mol. The number of pyridine rings is 2. The third kappa shape index (κ3) is 3.57. The van der Waals surface area contributed by atoms with E-state index in [4.69, 9.17) is 0 Å². The Morgan fingerprint density at radius 2 is 2.07 bits per heavy atom. The summed E-state index contributed by atoms with van der Waals surface area (Å²) >= 11 is 0. The first-order valence-corrected chi connectivity index (χ1v) is 9.50. The second-order valence-electron chi connectivity index (χ2n) is 7.27. The number of allylic oxidation sites excluding steroid dienone is 1. The largest absolute Gasteiger partial charge is 0.340 e. The molecule has 1 fully saturated rings. The van der Waals surface area contributed by atoms with Gasteiger partial charge in [-0.15, -0.1) is 0 Å². The molecule has 5 rings (SSSR count). The van der Waals surface area contributed by atoms with Crippen molar-refractivity contribution in [3.8, 4) is 0 Å². The molecule has 138 valence electrons. The Morgan fingerprint density at radius 3 is 2.89 bits per heavy atom. The number of fused-ring (bicyclic) bond motifs is 1. The molecule has 2 aromatic heterocycles. The van der Waals surface area contributed by atoms with Gasteiger partial charge >= 0.3 is 0 Å². The van der Waals surface area contributed by atoms with Crippen molar-refractivity contribution in [3.05, 3.63) is 78.4 Å². The Labute approximate surface area is 163 Å². The fourth-order valence-corrected chi connectivity index (χ4v) is 3.43. The van der Waals surface area contributed by atoms with Gasteiger partial charge in [0.25, 0.3) is 0 Å². The summed E-state index contributed by atoms with van der Waals surface area (Å²) in [4.78, 5) is 13.2. The molecule has 1 atom stereocenters. The van der Waals surface area contributed by atoms with Gasteiger partial charge in [-0.1, -0.05) is 18.7 Å². The molecule has 0 bridgehead atoms. The second-order valence-corrected chi connectivity index (χ2v) is 7.27. The molecule has 0 amide bonds. The van der Waals surface area contributed by atoms with E-state index >= 15 is 0 Å². The van der Waals surface area contributed by atoms with E-state index < -0.39 is 0 Å². The minimum Gasteiger partial charge on any atom is -0.340 e. The number of benzene rings is 1. The van der Waals surface area contributed by atoms with Gasteiger partial charge in [0.2, 0.25) is 0 Å². The topological polar surface area (TPSA) is 72.1 Å². The van der Waals surface area contributed by atoms with Crippen LogP contribution in [0.25, 0.3) is 22.0 Å². The number of nitrogens with zero attached hydrogens (tertiary/aromatic N) is 3. The smallest absolute Gasteiger partial charge is 0.130 e. The lowest BCUT2D eigenvalue weighted by Gasteiger charge is -2.11. The van der Waals surface area contributed by atoms with Crippen LogP contribution in [0.15, 0.2) is 66.6 Å². The van der Waals surface area contributed by atoms with Gasteiger partial charge in [-0.2, -0.15) is 0 Å². The van der Waals surface area contributed by atoms with Crippen LogP contribution in [0.2, 0.25) is 0 Å². The van der Waals surface area contributed by atoms with Gasteiger partial charge in [-0.3, -0.25) is 9.98 Å². The number of aromatic nitrogens is 2. The monoisotopic (exact) mass is 367 g/mol. The molecular weight excluding hydrogens is 346 g/mol. The first-order valence-electron chi connectivity index (χ1n) is 9.50. The van der Waals surface area contributed by atoms with Crippen LogP contribution in [0.5, 0.6) is 0 Å². The summed E-state index contributed by atoms with van der Waals surface area (Å²) in [6, 6.07) is 13.1. The van der Waals surface area contributed by atoms with Gasteiger partial charge in [-0.05, 0) is 40.8 Å². The van der Waals surface area contributed by atoms with Crippen molar-refractivity contribution < 1.29 is 0 Å². The summed E-state index contributed by atoms with van der Waals surface area (Å²) < 4.78 is 0. The summed E-state index contributed by atoms with van der Waals surface area (Å²) in [6.45, 7) is 5.28. The summed E-state index contributed by atoms with van der Waals surface area (Å²) in [5.41, 5.74) is 5.39. The van der Waals surface area contributed by atoms with Gasteiger partial charge in [0.1, 0.15) is 5.82 Å². The van der Waals surface area contributed by atoms with Crippen molar-refractivity contribution in [2.24, 2.45) is 4.99 Å². The highest BCUT2D eigenvalue weighted by Gasteiger charge is 2.20. The molecule has 1 saturated heterocycles. The second kappa shape index (κ2) is 7.02. The first-order chi connectivity index (χ1) is 13.7. The molecule has 1 aromatic carbocycles. The highest BCUT2D eigenvalue weighted by Crippen LogP contribution is 2.26. The highest BCUT2D eigenvalue weighted by molar-refractivity contribution is 5.91. The quantitative estimate of drug-likeness (QED) is 0.645. The zero-order valence-corrected chi connectivity index (χ0v) is 15.5. The molecule has 2 aliphatic heterocycles. The summed E-state index contributed by atoms with van der Waals surface area (Å²) in [5.74, 6) is 0.786. The maximum Gasteiger partial charge on any atom is 0.130 e. The maximum absolute atomic E-state index is 4.54. The molecular formula is C23H21N5. The molecule has 2 aliphatic rings. The van der Waals surface area contributed by atoms with Crippen molar-refractivity contribution >= 4 is 34.1 Å². The fourth-order valence-electron chi connectivity index (χ4n) is 3.43. The highest BCUT2D eigenvalue weighted by atomic mass is 15.1. The zero-order chi connectivity index (χ0) is 18.9. The minimum absolute atomic E-state index is 0.570. The van der Waals surface area contributed by atoms with E-state index in [0.29, 0.717) is 6.04 Å². The van der Waals surface area contributed by atoms with Gasteiger partial charge in [-0.25, -0.2) is 4.98 Å². The number of anilines is 1. The molecule has 0 spiro atoms. The Morgan fingerprint density at radius 1 is 1.14 bits per heavy atom. The first kappa shape index (κ1) is 16.8. The predicted molar refractivity (Wildman–Crippen MR) is 115 cm³/mol. The van der Waals surface area contributed by atoms with Crippen LogP contribution in [0, 0.1) is 0 Å². The van der Waals surface area contributed by atoms with E-state index in [0.717, 1.165) is 52.9 Å². The fraction of sp³-hybridized carbons (Fsp3) is 0.174. The Hall–Kier alpha value is -3.31. The number of hydrogen-bond acceptors (Lipinski definition) is 5. The molecule has 1 unspecified atom stereocenters. The number of hydrogen-bond donors (Lipinski definition) is 2. The van der Waals surface area contributed by atoms with Gasteiger partial charge in [0.05, 0.1) is 0 Å². The van der Waals surface area contributed by atoms with Crippen molar-refractivity contribution in [2.45, 2.75) is 18.9 Å². The van der Waals surface area contributed by atoms with E-state index in [-0.39, 0.29) is 0 Å². The van der Waals surface area contributed by atoms with Crippen LogP contribution in [0.4, 0.5) is 5.82 Å². The van der Waals surface area contributed by atoms with E-state index in [1.54, 1.807) is 0 Å². The molecule has 0 aliphatic carbocycles. The standard InChI is InChI=1S/C23H21N5/c1-15(16-5-7-25-21(9-16)11-22-14-26-22)28-23-10-20-8-17(19-4-6-24-12-19)2-3-18(20)13-27-23/h2-3,5-10,12-13,22,26H,1,4,11,14H2,(H,27,28). The number of aliphatic imine (C=N–C) groups is 1. The maximum atomic E-state index is 4.54. The van der Waals surface area contributed by atoms with Crippen LogP contribution < -0.4 is 10.6 Å². The van der Waals surface area contributed by atoms with Crippen LogP contribution >= 0.6 is 0 Å². The van der Waals surface area contributed by atoms with Crippen LogP contribution in [-0.4, -0.2) is 28.8 Å². The summed E-state index contributed by atoms with van der Waals surface area (Å²) in [6.07, 6.45) is 9.45. The predicted octanol–water partition coefficient (Wildman–Crippen LogP) is 4.04. The summed E-state index contributed by atoms with van der Waals surface area (Å²) in [5, 5.41) is 8.92. The lowest BCUT2D eigenvalue weighted by atomic mass is 10.0. The molecule has 0 saturated carbocycles. The number of rotatable bonds is 6. The molecule has 2 N–H and O–H groups in total. The molecule has 3 aromatic rings. The zero-order valence-electron chi connectivity index (χ0n) is 15.5. The molecule has 0 radical (unpaired) electrons. The summed E-state index contributed by atoms with van der Waals surface area (Å²) in [7, 11) is 0. The van der Waals surface area contributed by atoms with Crippen LogP contribution in [0.3, 0.4) is 0 Å². The van der Waals surface area contributed by atoms with E-state index in [1.807, 2.05) is 30.9 Å². The van der Waals surface area contributed by atoms with E-state index in [9.17, 15) is 0 Å². The number of nitrogens with one attached hydrogen (secondary N) is 2.